The Morgan fingerprint density at radius 2 is 1.95 bits per heavy atom. The molecule has 1 aromatic carbocycles. The molecule has 0 amide bonds. The van der Waals surface area contributed by atoms with Gasteiger partial charge < -0.3 is 11.1 Å². The fourth-order valence-corrected chi connectivity index (χ4v) is 2.23. The number of nitrogens with zero attached hydrogens (tertiary/aromatic N) is 3. The molecule has 5 nitrogen and oxygen atoms in total. The van der Waals surface area contributed by atoms with Crippen LogP contribution in [0, 0.1) is 0 Å². The van der Waals surface area contributed by atoms with Crippen LogP contribution >= 0.6 is 0 Å². The summed E-state index contributed by atoms with van der Waals surface area (Å²) >= 11 is 0. The highest BCUT2D eigenvalue weighted by Gasteiger charge is 2.07. The predicted octanol–water partition coefficient (Wildman–Crippen LogP) is 2.68. The van der Waals surface area contributed by atoms with Crippen molar-refractivity contribution in [1.82, 2.24) is 14.6 Å². The Hall–Kier alpha value is -2.40. The van der Waals surface area contributed by atoms with Crippen LogP contribution in [0.25, 0.3) is 16.9 Å². The first-order valence-electron chi connectivity index (χ1n) is 7.20. The molecule has 0 bridgehead atoms. The molecule has 0 spiro atoms. The van der Waals surface area contributed by atoms with Gasteiger partial charge in [0, 0.05) is 18.7 Å². The predicted molar refractivity (Wildman–Crippen MR) is 85.1 cm³/mol. The Labute approximate surface area is 123 Å². The molecule has 0 radical (unpaired) electrons. The van der Waals surface area contributed by atoms with Crippen LogP contribution in [0.3, 0.4) is 0 Å². The highest BCUT2D eigenvalue weighted by molar-refractivity contribution is 5.63. The number of aromatic nitrogens is 3. The zero-order valence-electron chi connectivity index (χ0n) is 12.1. The summed E-state index contributed by atoms with van der Waals surface area (Å²) in [5, 5.41) is 7.91. The third-order valence-corrected chi connectivity index (χ3v) is 3.40. The molecule has 0 fully saturated rings. The van der Waals surface area contributed by atoms with E-state index in [4.69, 9.17) is 5.73 Å². The van der Waals surface area contributed by atoms with Gasteiger partial charge in [0.2, 0.25) is 0 Å². The quantitative estimate of drug-likeness (QED) is 0.754. The first-order chi connectivity index (χ1) is 10.3. The number of fused-ring (bicyclic) bond motifs is 1. The molecule has 0 aliphatic heterocycles. The lowest BCUT2D eigenvalue weighted by molar-refractivity contribution is 0.910. The number of benzene rings is 1. The molecule has 3 aromatic rings. The topological polar surface area (TPSA) is 68.2 Å². The molecule has 0 aliphatic carbocycles. The zero-order valence-corrected chi connectivity index (χ0v) is 12.1. The van der Waals surface area contributed by atoms with E-state index in [9.17, 15) is 0 Å². The summed E-state index contributed by atoms with van der Waals surface area (Å²) in [5.74, 6) is 0.863. The maximum absolute atomic E-state index is 5.64. The molecule has 3 rings (SSSR count). The molecule has 3 N–H and O–H groups in total. The lowest BCUT2D eigenvalue weighted by Crippen LogP contribution is -2.05. The van der Waals surface area contributed by atoms with Crippen molar-refractivity contribution in [3.8, 4) is 11.3 Å². The Bertz CT molecular complexity index is 730. The first kappa shape index (κ1) is 13.6. The SMILES string of the molecule is CCCNc1ccc2ncc(-c3ccc(CN)cc3)n2n1. The molecule has 108 valence electrons. The second-order valence-electron chi connectivity index (χ2n) is 4.96. The van der Waals surface area contributed by atoms with Crippen LogP contribution in [0.2, 0.25) is 0 Å². The molecule has 0 aliphatic rings. The molecule has 21 heavy (non-hydrogen) atoms. The smallest absolute Gasteiger partial charge is 0.154 e. The minimum Gasteiger partial charge on any atom is -0.369 e. The van der Waals surface area contributed by atoms with Gasteiger partial charge in [0.1, 0.15) is 5.82 Å². The molecular formula is C16H19N5. The van der Waals surface area contributed by atoms with Crippen LogP contribution in [0.4, 0.5) is 5.82 Å². The molecule has 2 heterocycles. The number of hydrogen-bond acceptors (Lipinski definition) is 4. The van der Waals surface area contributed by atoms with Crippen molar-refractivity contribution in [2.45, 2.75) is 19.9 Å². The van der Waals surface area contributed by atoms with Crippen molar-refractivity contribution >= 4 is 11.5 Å². The largest absolute Gasteiger partial charge is 0.369 e. The summed E-state index contributed by atoms with van der Waals surface area (Å²) in [6.45, 7) is 3.59. The van der Waals surface area contributed by atoms with Gasteiger partial charge in [0.15, 0.2) is 5.65 Å². The molecular weight excluding hydrogens is 262 g/mol. The highest BCUT2D eigenvalue weighted by Crippen LogP contribution is 2.21. The molecule has 5 heteroatoms. The standard InChI is InChI=1S/C16H19N5/c1-2-9-18-15-7-8-16-19-11-14(21(16)20-15)13-5-3-12(10-17)4-6-13/h3-8,11H,2,9-10,17H2,1H3,(H,18,20). The van der Waals surface area contributed by atoms with Gasteiger partial charge in [-0.2, -0.15) is 0 Å². The Morgan fingerprint density at radius 3 is 2.67 bits per heavy atom. The number of nitrogens with one attached hydrogen (secondary N) is 1. The van der Waals surface area contributed by atoms with Crippen LogP contribution in [0.1, 0.15) is 18.9 Å². The average molecular weight is 281 g/mol. The lowest BCUT2D eigenvalue weighted by Gasteiger charge is -2.06. The average Bonchev–Trinajstić information content (AvgIpc) is 2.96. The van der Waals surface area contributed by atoms with E-state index in [0.29, 0.717) is 6.54 Å². The van der Waals surface area contributed by atoms with E-state index in [-0.39, 0.29) is 0 Å². The second kappa shape index (κ2) is 5.93. The van der Waals surface area contributed by atoms with Gasteiger partial charge in [-0.1, -0.05) is 31.2 Å². The normalized spacial score (nSPS) is 11.0. The summed E-state index contributed by atoms with van der Waals surface area (Å²) in [4.78, 5) is 4.41. The second-order valence-corrected chi connectivity index (χ2v) is 4.96. The van der Waals surface area contributed by atoms with Gasteiger partial charge in [-0.3, -0.25) is 0 Å². The Balaban J connectivity index is 2.00. The maximum Gasteiger partial charge on any atom is 0.154 e. The fourth-order valence-electron chi connectivity index (χ4n) is 2.23. The van der Waals surface area contributed by atoms with E-state index >= 15 is 0 Å². The van der Waals surface area contributed by atoms with E-state index < -0.39 is 0 Å². The number of nitrogens with two attached hydrogens (primary N) is 1. The fraction of sp³-hybridized carbons (Fsp3) is 0.250. The summed E-state index contributed by atoms with van der Waals surface area (Å²) < 4.78 is 1.87. The summed E-state index contributed by atoms with van der Waals surface area (Å²) in [5.41, 5.74) is 9.66. The van der Waals surface area contributed by atoms with Crippen molar-refractivity contribution in [1.29, 1.82) is 0 Å². The van der Waals surface area contributed by atoms with Gasteiger partial charge in [-0.15, -0.1) is 5.10 Å². The number of anilines is 1. The zero-order chi connectivity index (χ0) is 14.7. The van der Waals surface area contributed by atoms with Crippen molar-refractivity contribution in [3.05, 3.63) is 48.2 Å². The summed E-state index contributed by atoms with van der Waals surface area (Å²) in [7, 11) is 0. The molecule has 0 saturated carbocycles. The van der Waals surface area contributed by atoms with Crippen molar-refractivity contribution in [2.24, 2.45) is 5.73 Å². The molecule has 0 saturated heterocycles. The van der Waals surface area contributed by atoms with Gasteiger partial charge in [0.05, 0.1) is 11.9 Å². The van der Waals surface area contributed by atoms with Crippen LogP contribution < -0.4 is 11.1 Å². The Morgan fingerprint density at radius 1 is 1.14 bits per heavy atom. The van der Waals surface area contributed by atoms with Crippen LogP contribution in [0.15, 0.2) is 42.6 Å². The van der Waals surface area contributed by atoms with Gasteiger partial charge in [-0.05, 0) is 24.1 Å². The summed E-state index contributed by atoms with van der Waals surface area (Å²) in [6, 6.07) is 12.1. The van der Waals surface area contributed by atoms with E-state index in [1.54, 1.807) is 0 Å². The molecule has 2 aromatic heterocycles. The van der Waals surface area contributed by atoms with E-state index in [1.165, 1.54) is 0 Å². The van der Waals surface area contributed by atoms with Gasteiger partial charge >= 0.3 is 0 Å². The number of rotatable bonds is 5. The van der Waals surface area contributed by atoms with Crippen LogP contribution in [0.5, 0.6) is 0 Å². The van der Waals surface area contributed by atoms with Gasteiger partial charge in [-0.25, -0.2) is 9.50 Å². The maximum atomic E-state index is 5.64. The monoisotopic (exact) mass is 281 g/mol. The van der Waals surface area contributed by atoms with Crippen molar-refractivity contribution in [3.63, 3.8) is 0 Å². The number of imidazole rings is 1. The van der Waals surface area contributed by atoms with E-state index in [1.807, 2.05) is 35.0 Å². The highest BCUT2D eigenvalue weighted by atomic mass is 15.3. The van der Waals surface area contributed by atoms with E-state index in [0.717, 1.165) is 41.3 Å². The molecule has 0 unspecified atom stereocenters. The minimum absolute atomic E-state index is 0.552. The van der Waals surface area contributed by atoms with Crippen molar-refractivity contribution in [2.75, 3.05) is 11.9 Å². The van der Waals surface area contributed by atoms with Crippen LogP contribution in [-0.2, 0) is 6.54 Å². The Kier molecular flexibility index (Phi) is 3.83. The number of hydrogen-bond donors (Lipinski definition) is 2. The summed E-state index contributed by atoms with van der Waals surface area (Å²) in [6.07, 6.45) is 2.92. The van der Waals surface area contributed by atoms with E-state index in [2.05, 4.69) is 34.5 Å². The van der Waals surface area contributed by atoms with Crippen molar-refractivity contribution < 1.29 is 0 Å². The van der Waals surface area contributed by atoms with Crippen LogP contribution in [-0.4, -0.2) is 21.1 Å². The first-order valence-corrected chi connectivity index (χ1v) is 7.20. The lowest BCUT2D eigenvalue weighted by atomic mass is 10.1. The minimum atomic E-state index is 0.552. The third kappa shape index (κ3) is 2.73. The van der Waals surface area contributed by atoms with Gasteiger partial charge in [0.25, 0.3) is 0 Å². The third-order valence-electron chi connectivity index (χ3n) is 3.40. The molecule has 0 atom stereocenters.